The number of carbonyl (C=O) groups excluding carboxylic acids is 1. The first-order valence-corrected chi connectivity index (χ1v) is 6.19. The molecule has 18 heavy (non-hydrogen) atoms. The fourth-order valence-electron chi connectivity index (χ4n) is 1.70. The van der Waals surface area contributed by atoms with Gasteiger partial charge in [-0.15, -0.1) is 0 Å². The summed E-state index contributed by atoms with van der Waals surface area (Å²) in [5.74, 6) is 0.00611. The zero-order chi connectivity index (χ0) is 14.1. The second kappa shape index (κ2) is 4.82. The first-order valence-electron chi connectivity index (χ1n) is 6.19. The molecule has 3 heteroatoms. The molecule has 0 amide bonds. The molecule has 0 aromatic heterocycles. The van der Waals surface area contributed by atoms with Gasteiger partial charge in [-0.3, -0.25) is 4.79 Å². The van der Waals surface area contributed by atoms with Gasteiger partial charge >= 0.3 is 0 Å². The second-order valence-corrected chi connectivity index (χ2v) is 5.69. The van der Waals surface area contributed by atoms with Gasteiger partial charge in [0.15, 0.2) is 5.78 Å². The Bertz CT molecular complexity index is 416. The maximum Gasteiger partial charge on any atom is 0.162 e. The van der Waals surface area contributed by atoms with Crippen molar-refractivity contribution in [2.75, 3.05) is 0 Å². The minimum Gasteiger partial charge on any atom is -0.386 e. The van der Waals surface area contributed by atoms with Gasteiger partial charge in [0, 0.05) is 12.0 Å². The Morgan fingerprint density at radius 3 is 1.67 bits per heavy atom. The molecule has 0 heterocycles. The van der Waals surface area contributed by atoms with Gasteiger partial charge in [0.2, 0.25) is 0 Å². The largest absolute Gasteiger partial charge is 0.386 e. The molecule has 2 N–H and O–H groups in total. The van der Waals surface area contributed by atoms with Crippen LogP contribution in [0.2, 0.25) is 0 Å². The molecule has 0 radical (unpaired) electrons. The molecule has 1 aromatic rings. The Kier molecular flexibility index (Phi) is 3.99. The number of carbonyl (C=O) groups is 1. The number of hydrogen-bond donors (Lipinski definition) is 2. The van der Waals surface area contributed by atoms with Crippen molar-refractivity contribution in [2.24, 2.45) is 0 Å². The van der Waals surface area contributed by atoms with Crippen LogP contribution < -0.4 is 0 Å². The van der Waals surface area contributed by atoms with Crippen molar-refractivity contribution in [3.63, 3.8) is 0 Å². The van der Waals surface area contributed by atoms with E-state index in [0.717, 1.165) is 0 Å². The van der Waals surface area contributed by atoms with Crippen LogP contribution in [0.4, 0.5) is 0 Å². The summed E-state index contributed by atoms with van der Waals surface area (Å²) in [6.07, 6.45) is 0.403. The van der Waals surface area contributed by atoms with E-state index in [1.165, 1.54) is 0 Å². The molecular weight excluding hydrogens is 228 g/mol. The van der Waals surface area contributed by atoms with Crippen LogP contribution >= 0.6 is 0 Å². The van der Waals surface area contributed by atoms with Crippen LogP contribution in [0.15, 0.2) is 18.2 Å². The van der Waals surface area contributed by atoms with Crippen molar-refractivity contribution >= 4 is 5.78 Å². The smallest absolute Gasteiger partial charge is 0.162 e. The number of ketones is 1. The summed E-state index contributed by atoms with van der Waals surface area (Å²) in [7, 11) is 0. The van der Waals surface area contributed by atoms with E-state index >= 15 is 0 Å². The molecule has 0 bridgehead atoms. The number of Topliss-reactive ketones (excluding diaryl/α,β-unsaturated/α-hetero) is 1. The highest BCUT2D eigenvalue weighted by atomic mass is 16.3. The second-order valence-electron chi connectivity index (χ2n) is 5.69. The fourth-order valence-corrected chi connectivity index (χ4v) is 1.70. The summed E-state index contributed by atoms with van der Waals surface area (Å²) in [5, 5.41) is 20.1. The Morgan fingerprint density at radius 2 is 1.39 bits per heavy atom. The summed E-state index contributed by atoms with van der Waals surface area (Å²) in [6, 6.07) is 5.13. The van der Waals surface area contributed by atoms with E-state index in [9.17, 15) is 15.0 Å². The molecule has 0 unspecified atom stereocenters. The molecular formula is C15H22O3. The third-order valence-corrected chi connectivity index (χ3v) is 2.99. The minimum atomic E-state index is -1.04. The van der Waals surface area contributed by atoms with Crippen LogP contribution in [0.5, 0.6) is 0 Å². The topological polar surface area (TPSA) is 57.5 Å². The van der Waals surface area contributed by atoms with Gasteiger partial charge in [-0.1, -0.05) is 13.0 Å². The van der Waals surface area contributed by atoms with Gasteiger partial charge in [-0.25, -0.2) is 0 Å². The maximum atomic E-state index is 11.8. The molecule has 0 spiro atoms. The van der Waals surface area contributed by atoms with Crippen molar-refractivity contribution in [3.8, 4) is 0 Å². The summed E-state index contributed by atoms with van der Waals surface area (Å²) < 4.78 is 0. The van der Waals surface area contributed by atoms with E-state index in [-0.39, 0.29) is 5.78 Å². The number of rotatable bonds is 4. The van der Waals surface area contributed by atoms with Crippen LogP contribution in [0.3, 0.4) is 0 Å². The Hall–Kier alpha value is -1.19. The third kappa shape index (κ3) is 3.40. The third-order valence-electron chi connectivity index (χ3n) is 2.99. The van der Waals surface area contributed by atoms with Gasteiger partial charge in [-0.05, 0) is 51.0 Å². The van der Waals surface area contributed by atoms with E-state index < -0.39 is 11.2 Å². The van der Waals surface area contributed by atoms with E-state index in [4.69, 9.17) is 0 Å². The molecule has 0 saturated carbocycles. The lowest BCUT2D eigenvalue weighted by molar-refractivity contribution is 0.0716. The zero-order valence-electron chi connectivity index (χ0n) is 11.7. The highest BCUT2D eigenvalue weighted by Crippen LogP contribution is 2.28. The van der Waals surface area contributed by atoms with E-state index in [2.05, 4.69) is 0 Å². The van der Waals surface area contributed by atoms with E-state index in [1.54, 1.807) is 52.8 Å². The fraction of sp³-hybridized carbons (Fsp3) is 0.533. The van der Waals surface area contributed by atoms with Crippen molar-refractivity contribution < 1.29 is 15.0 Å². The van der Waals surface area contributed by atoms with Crippen LogP contribution in [0, 0.1) is 0 Å². The number of aliphatic hydroxyl groups is 2. The maximum absolute atomic E-state index is 11.8. The molecule has 3 nitrogen and oxygen atoms in total. The van der Waals surface area contributed by atoms with Crippen LogP contribution in [-0.2, 0) is 11.2 Å². The minimum absolute atomic E-state index is 0.00611. The molecule has 0 fully saturated rings. The zero-order valence-corrected chi connectivity index (χ0v) is 11.7. The molecule has 0 saturated heterocycles. The average Bonchev–Trinajstić information content (AvgIpc) is 2.25. The van der Waals surface area contributed by atoms with Gasteiger partial charge in [0.25, 0.3) is 0 Å². The van der Waals surface area contributed by atoms with Crippen molar-refractivity contribution in [3.05, 3.63) is 34.9 Å². The van der Waals surface area contributed by atoms with Gasteiger partial charge < -0.3 is 10.2 Å². The van der Waals surface area contributed by atoms with Crippen molar-refractivity contribution in [2.45, 2.75) is 52.2 Å². The predicted octanol–water partition coefficient (Wildman–Crippen LogP) is 2.73. The lowest BCUT2D eigenvalue weighted by Gasteiger charge is -2.24. The quantitative estimate of drug-likeness (QED) is 0.808. The predicted molar refractivity (Wildman–Crippen MR) is 71.6 cm³/mol. The molecule has 1 aromatic carbocycles. The normalized spacial score (nSPS) is 12.6. The number of hydrogen-bond acceptors (Lipinski definition) is 3. The van der Waals surface area contributed by atoms with Gasteiger partial charge in [-0.2, -0.15) is 0 Å². The SMILES string of the molecule is CCC(=O)c1cc(C(C)(C)O)cc(C(C)(C)O)c1. The first-order chi connectivity index (χ1) is 8.05. The Balaban J connectivity index is 3.44. The Morgan fingerprint density at radius 1 is 1.00 bits per heavy atom. The summed E-state index contributed by atoms with van der Waals surface area (Å²) in [5.41, 5.74) is -0.263. The van der Waals surface area contributed by atoms with E-state index in [1.807, 2.05) is 0 Å². The van der Waals surface area contributed by atoms with Crippen molar-refractivity contribution in [1.29, 1.82) is 0 Å². The first kappa shape index (κ1) is 14.9. The van der Waals surface area contributed by atoms with Crippen LogP contribution in [-0.4, -0.2) is 16.0 Å². The lowest BCUT2D eigenvalue weighted by atomic mass is 9.88. The lowest BCUT2D eigenvalue weighted by Crippen LogP contribution is -2.21. The Labute approximate surface area is 108 Å². The monoisotopic (exact) mass is 250 g/mol. The average molecular weight is 250 g/mol. The molecule has 0 atom stereocenters. The summed E-state index contributed by atoms with van der Waals surface area (Å²) in [4.78, 5) is 11.8. The van der Waals surface area contributed by atoms with Gasteiger partial charge in [0.05, 0.1) is 11.2 Å². The van der Waals surface area contributed by atoms with Crippen LogP contribution in [0.1, 0.15) is 62.5 Å². The van der Waals surface area contributed by atoms with E-state index in [0.29, 0.717) is 23.1 Å². The van der Waals surface area contributed by atoms with Crippen molar-refractivity contribution in [1.82, 2.24) is 0 Å². The van der Waals surface area contributed by atoms with Crippen LogP contribution in [0.25, 0.3) is 0 Å². The summed E-state index contributed by atoms with van der Waals surface area (Å²) in [6.45, 7) is 8.45. The molecule has 0 aliphatic carbocycles. The summed E-state index contributed by atoms with van der Waals surface area (Å²) >= 11 is 0. The highest BCUT2D eigenvalue weighted by Gasteiger charge is 2.23. The highest BCUT2D eigenvalue weighted by molar-refractivity contribution is 5.96. The van der Waals surface area contributed by atoms with Gasteiger partial charge in [0.1, 0.15) is 0 Å². The molecule has 1 rings (SSSR count). The standard InChI is InChI=1S/C15H22O3/c1-6-13(16)10-7-11(14(2,3)17)9-12(8-10)15(4,5)18/h7-9,17-18H,6H2,1-5H3. The molecule has 0 aliphatic heterocycles. The number of benzene rings is 1. The molecule has 0 aliphatic rings. The molecule has 100 valence electrons.